The molecule has 4 aromatic rings. The van der Waals surface area contributed by atoms with Crippen LogP contribution in [0.4, 0.5) is 0 Å². The zero-order chi connectivity index (χ0) is 20.7. The molecule has 29 heavy (non-hydrogen) atoms. The first kappa shape index (κ1) is 19.8. The Balaban J connectivity index is 1.96. The largest absolute Gasteiger partial charge is 0.508 e. The maximum Gasteiger partial charge on any atom is 0.262 e. The van der Waals surface area contributed by atoms with Gasteiger partial charge < -0.3 is 10.1 Å². The van der Waals surface area contributed by atoms with Gasteiger partial charge in [0.15, 0.2) is 5.65 Å². The molecule has 0 fully saturated rings. The minimum absolute atomic E-state index is 0.127. The van der Waals surface area contributed by atoms with E-state index in [9.17, 15) is 9.90 Å². The Bertz CT molecular complexity index is 1270. The molecule has 0 aliphatic heterocycles. The summed E-state index contributed by atoms with van der Waals surface area (Å²) >= 11 is 18.8. The fourth-order valence-corrected chi connectivity index (χ4v) is 4.18. The van der Waals surface area contributed by atoms with Gasteiger partial charge in [0.1, 0.15) is 22.6 Å². The van der Waals surface area contributed by atoms with Gasteiger partial charge >= 0.3 is 0 Å². The molecule has 0 saturated heterocycles. The summed E-state index contributed by atoms with van der Waals surface area (Å²) in [5.41, 5.74) is 1.63. The zero-order valence-electron chi connectivity index (χ0n) is 15.2. The third kappa shape index (κ3) is 3.59. The molecular weight excluding hydrogens is 435 g/mol. The van der Waals surface area contributed by atoms with Crippen LogP contribution in [0.5, 0.6) is 5.75 Å². The monoisotopic (exact) mass is 448 g/mol. The molecule has 0 bridgehead atoms. The minimum Gasteiger partial charge on any atom is -0.508 e. The van der Waals surface area contributed by atoms with Crippen molar-refractivity contribution in [2.75, 3.05) is 0 Å². The molecule has 6 nitrogen and oxygen atoms in total. The van der Waals surface area contributed by atoms with Crippen LogP contribution in [-0.4, -0.2) is 24.9 Å². The number of halogens is 3. The van der Waals surface area contributed by atoms with Crippen LogP contribution >= 0.6 is 34.8 Å². The average Bonchev–Trinajstić information content (AvgIpc) is 3.02. The number of aromatic amines is 1. The van der Waals surface area contributed by atoms with E-state index < -0.39 is 0 Å². The molecule has 0 aliphatic rings. The van der Waals surface area contributed by atoms with Crippen molar-refractivity contribution in [2.45, 2.75) is 19.8 Å². The number of hydrogen-bond donors (Lipinski definition) is 2. The number of aryl methyl sites for hydroxylation is 1. The summed E-state index contributed by atoms with van der Waals surface area (Å²) in [6.45, 7) is 1.90. The van der Waals surface area contributed by atoms with Crippen LogP contribution in [0.3, 0.4) is 0 Å². The number of phenolic OH excluding ortho intramolecular Hbond substituents is 1. The number of rotatable bonds is 4. The molecule has 0 radical (unpaired) electrons. The zero-order valence-corrected chi connectivity index (χ0v) is 17.5. The van der Waals surface area contributed by atoms with Crippen molar-refractivity contribution in [1.29, 1.82) is 0 Å². The second-order valence-electron chi connectivity index (χ2n) is 6.45. The Morgan fingerprint density at radius 2 is 1.83 bits per heavy atom. The number of aromatic hydroxyl groups is 1. The van der Waals surface area contributed by atoms with Gasteiger partial charge in [-0.1, -0.05) is 59.9 Å². The number of H-pyrrole nitrogens is 1. The lowest BCUT2D eigenvalue weighted by Crippen LogP contribution is -2.13. The molecule has 9 heteroatoms. The molecule has 2 N–H and O–H groups in total. The molecule has 0 unspecified atom stereocenters. The van der Waals surface area contributed by atoms with Crippen molar-refractivity contribution in [3.8, 4) is 11.4 Å². The van der Waals surface area contributed by atoms with Crippen LogP contribution in [0, 0.1) is 0 Å². The van der Waals surface area contributed by atoms with Gasteiger partial charge in [0.25, 0.3) is 5.56 Å². The lowest BCUT2D eigenvalue weighted by atomic mass is 10.1. The summed E-state index contributed by atoms with van der Waals surface area (Å²) in [5.74, 6) is 0.510. The molecule has 4 rings (SSSR count). The van der Waals surface area contributed by atoms with Gasteiger partial charge in [-0.15, -0.1) is 0 Å². The quantitative estimate of drug-likeness (QED) is 0.463. The van der Waals surface area contributed by atoms with Crippen LogP contribution in [0.1, 0.15) is 24.0 Å². The van der Waals surface area contributed by atoms with Crippen molar-refractivity contribution < 1.29 is 5.11 Å². The Labute approximate surface area is 180 Å². The van der Waals surface area contributed by atoms with Crippen molar-refractivity contribution in [2.24, 2.45) is 0 Å². The first-order chi connectivity index (χ1) is 13.9. The van der Waals surface area contributed by atoms with E-state index >= 15 is 0 Å². The van der Waals surface area contributed by atoms with Gasteiger partial charge in [0, 0.05) is 17.0 Å². The van der Waals surface area contributed by atoms with E-state index in [1.54, 1.807) is 36.4 Å². The second-order valence-corrected chi connectivity index (χ2v) is 7.70. The highest BCUT2D eigenvalue weighted by atomic mass is 35.5. The summed E-state index contributed by atoms with van der Waals surface area (Å²) in [6.07, 6.45) is 0.766. The molecule has 2 heterocycles. The third-order valence-corrected chi connectivity index (χ3v) is 5.33. The number of aromatic nitrogens is 4. The maximum absolute atomic E-state index is 12.8. The SMILES string of the molecule is CCc1nn(-c2c(Cl)cc(Cl)cc2Cl)c2nc(Cc3ccccc3O)[nH]c(=O)c12. The normalized spacial score (nSPS) is 11.3. The highest BCUT2D eigenvalue weighted by molar-refractivity contribution is 6.40. The van der Waals surface area contributed by atoms with Crippen molar-refractivity contribution in [1.82, 2.24) is 19.7 Å². The molecule has 148 valence electrons. The van der Waals surface area contributed by atoms with E-state index in [-0.39, 0.29) is 17.7 Å². The summed E-state index contributed by atoms with van der Waals surface area (Å²) in [5, 5.41) is 15.9. The number of nitrogens with one attached hydrogen (secondary N) is 1. The highest BCUT2D eigenvalue weighted by Gasteiger charge is 2.21. The first-order valence-corrected chi connectivity index (χ1v) is 9.95. The minimum atomic E-state index is -0.315. The second kappa shape index (κ2) is 7.71. The van der Waals surface area contributed by atoms with Crippen molar-refractivity contribution in [3.05, 3.63) is 78.9 Å². The Morgan fingerprint density at radius 1 is 1.14 bits per heavy atom. The number of para-hydroxylation sites is 1. The summed E-state index contributed by atoms with van der Waals surface area (Å²) < 4.78 is 1.47. The topological polar surface area (TPSA) is 83.8 Å². The summed E-state index contributed by atoms with van der Waals surface area (Å²) in [6, 6.07) is 9.99. The van der Waals surface area contributed by atoms with Crippen molar-refractivity contribution in [3.63, 3.8) is 0 Å². The molecule has 0 atom stereocenters. The number of phenols is 1. The van der Waals surface area contributed by atoms with Gasteiger partial charge in [0.2, 0.25) is 0 Å². The molecule has 0 saturated carbocycles. The van der Waals surface area contributed by atoms with E-state index in [1.165, 1.54) is 4.68 Å². The lowest BCUT2D eigenvalue weighted by molar-refractivity contribution is 0.469. The molecule has 2 aromatic heterocycles. The fraction of sp³-hybridized carbons (Fsp3) is 0.150. The van der Waals surface area contributed by atoms with Crippen LogP contribution in [0.2, 0.25) is 15.1 Å². The van der Waals surface area contributed by atoms with E-state index in [0.717, 1.165) is 0 Å². The van der Waals surface area contributed by atoms with Gasteiger partial charge in [-0.2, -0.15) is 5.10 Å². The van der Waals surface area contributed by atoms with Gasteiger partial charge in [-0.3, -0.25) is 4.79 Å². The number of hydrogen-bond acceptors (Lipinski definition) is 4. The molecule has 0 amide bonds. The van der Waals surface area contributed by atoms with Crippen LogP contribution in [-0.2, 0) is 12.8 Å². The maximum atomic E-state index is 12.8. The highest BCUT2D eigenvalue weighted by Crippen LogP contribution is 2.33. The average molecular weight is 450 g/mol. The van der Waals surface area contributed by atoms with Gasteiger partial charge in [-0.05, 0) is 24.6 Å². The lowest BCUT2D eigenvalue weighted by Gasteiger charge is -2.09. The van der Waals surface area contributed by atoms with E-state index in [1.807, 2.05) is 6.92 Å². The van der Waals surface area contributed by atoms with Crippen LogP contribution < -0.4 is 5.56 Å². The molecule has 2 aromatic carbocycles. The Kier molecular flexibility index (Phi) is 5.25. The van der Waals surface area contributed by atoms with Crippen molar-refractivity contribution >= 4 is 45.8 Å². The van der Waals surface area contributed by atoms with Gasteiger partial charge in [0.05, 0.1) is 15.7 Å². The number of nitrogens with zero attached hydrogens (tertiary/aromatic N) is 3. The molecule has 0 spiro atoms. The van der Waals surface area contributed by atoms with E-state index in [2.05, 4.69) is 15.1 Å². The Hall–Kier alpha value is -2.54. The predicted octanol–water partition coefficient (Wildman–Crippen LogP) is 4.93. The third-order valence-electron chi connectivity index (χ3n) is 4.54. The van der Waals surface area contributed by atoms with Crippen LogP contribution in [0.15, 0.2) is 41.2 Å². The fourth-order valence-electron chi connectivity index (χ4n) is 3.20. The Morgan fingerprint density at radius 3 is 2.48 bits per heavy atom. The summed E-state index contributed by atoms with van der Waals surface area (Å²) in [7, 11) is 0. The van der Waals surface area contributed by atoms with E-state index in [0.29, 0.717) is 55.3 Å². The predicted molar refractivity (Wildman–Crippen MR) is 115 cm³/mol. The van der Waals surface area contributed by atoms with Crippen LogP contribution in [0.25, 0.3) is 16.7 Å². The standard InChI is InChI=1S/C20H15Cl3N4O2/c1-2-14-17-19(27(26-14)18-12(22)8-11(21)9-13(18)23)24-16(25-20(17)29)7-10-5-3-4-6-15(10)28/h3-6,8-9,28H,2,7H2,1H3,(H,24,25,29). The first-order valence-electron chi connectivity index (χ1n) is 8.81. The summed E-state index contributed by atoms with van der Waals surface area (Å²) in [4.78, 5) is 20.2. The molecular formula is C20H15Cl3N4O2. The smallest absolute Gasteiger partial charge is 0.262 e. The number of fused-ring (bicyclic) bond motifs is 1. The molecule has 0 aliphatic carbocycles. The van der Waals surface area contributed by atoms with E-state index in [4.69, 9.17) is 34.8 Å². The number of benzene rings is 2. The van der Waals surface area contributed by atoms with Gasteiger partial charge in [-0.25, -0.2) is 9.67 Å².